The van der Waals surface area contributed by atoms with Crippen LogP contribution in [0.5, 0.6) is 0 Å². The van der Waals surface area contributed by atoms with E-state index in [4.69, 9.17) is 0 Å². The number of rotatable bonds is 4. The minimum Gasteiger partial charge on any atom is -0.352 e. The van der Waals surface area contributed by atoms with Crippen molar-refractivity contribution in [3.8, 4) is 0 Å². The first-order chi connectivity index (χ1) is 10.3. The molecule has 0 radical (unpaired) electrons. The quantitative estimate of drug-likeness (QED) is 0.929. The number of aromatic nitrogens is 2. The Balaban J connectivity index is 1.53. The lowest BCUT2D eigenvalue weighted by atomic mass is 9.84. The van der Waals surface area contributed by atoms with Crippen LogP contribution in [0.4, 0.5) is 13.2 Å². The van der Waals surface area contributed by atoms with Crippen LogP contribution >= 0.6 is 0 Å². The molecule has 0 spiro atoms. The molecule has 0 aliphatic heterocycles. The second-order valence-corrected chi connectivity index (χ2v) is 6.59. The highest BCUT2D eigenvalue weighted by Gasteiger charge is 2.42. The first-order valence-electron chi connectivity index (χ1n) is 7.73. The molecule has 1 aromatic heterocycles. The molecule has 1 N–H and O–H groups in total. The molecule has 4 atom stereocenters. The Hall–Kier alpha value is -1.53. The van der Waals surface area contributed by atoms with E-state index in [0.717, 1.165) is 23.1 Å². The third-order valence-electron chi connectivity index (χ3n) is 5.06. The second kappa shape index (κ2) is 5.59. The monoisotopic (exact) mass is 315 g/mol. The fraction of sp³-hybridized carbons (Fsp3) is 0.733. The molecule has 22 heavy (non-hydrogen) atoms. The largest absolute Gasteiger partial charge is 0.435 e. The number of fused-ring (bicyclic) bond motifs is 2. The molecule has 1 heterocycles. The van der Waals surface area contributed by atoms with Gasteiger partial charge >= 0.3 is 6.18 Å². The van der Waals surface area contributed by atoms with Gasteiger partial charge in [-0.05, 0) is 50.0 Å². The van der Waals surface area contributed by atoms with Gasteiger partial charge in [0.2, 0.25) is 5.91 Å². The third-order valence-corrected chi connectivity index (χ3v) is 5.06. The van der Waals surface area contributed by atoms with E-state index in [0.29, 0.717) is 11.8 Å². The highest BCUT2D eigenvalue weighted by Crippen LogP contribution is 2.49. The van der Waals surface area contributed by atoms with E-state index in [-0.39, 0.29) is 18.5 Å². The van der Waals surface area contributed by atoms with Gasteiger partial charge in [-0.2, -0.15) is 18.3 Å². The van der Waals surface area contributed by atoms with Gasteiger partial charge in [0.25, 0.3) is 0 Å². The van der Waals surface area contributed by atoms with E-state index < -0.39 is 11.9 Å². The highest BCUT2D eigenvalue weighted by molar-refractivity contribution is 5.75. The predicted octanol–water partition coefficient (Wildman–Crippen LogP) is 2.84. The highest BCUT2D eigenvalue weighted by atomic mass is 19.4. The standard InChI is InChI=1S/C15H20F3N3O/c1-9(12-7-10-2-3-11(12)6-10)19-14(22)8-21-5-4-13(20-21)15(16,17)18/h4-5,9-12H,2-3,6-8H2,1H3,(H,19,22)/t9-,10+,11+,12-/m0/s1. The summed E-state index contributed by atoms with van der Waals surface area (Å²) in [4.78, 5) is 12.0. The number of nitrogens with zero attached hydrogens (tertiary/aromatic N) is 2. The predicted molar refractivity (Wildman–Crippen MR) is 73.8 cm³/mol. The van der Waals surface area contributed by atoms with Gasteiger partial charge in [0.15, 0.2) is 5.69 Å². The van der Waals surface area contributed by atoms with Gasteiger partial charge in [-0.25, -0.2) is 0 Å². The van der Waals surface area contributed by atoms with Crippen LogP contribution in [0.15, 0.2) is 12.3 Å². The molecule has 2 aliphatic rings. The Kier molecular flexibility index (Phi) is 3.91. The van der Waals surface area contributed by atoms with Crippen LogP contribution in [-0.4, -0.2) is 21.7 Å². The molecule has 3 rings (SSSR count). The van der Waals surface area contributed by atoms with Crippen LogP contribution in [0.25, 0.3) is 0 Å². The molecule has 122 valence electrons. The van der Waals surface area contributed by atoms with Crippen molar-refractivity contribution in [3.63, 3.8) is 0 Å². The molecule has 2 fully saturated rings. The normalized spacial score (nSPS) is 28.8. The summed E-state index contributed by atoms with van der Waals surface area (Å²) in [5.74, 6) is 1.72. The fourth-order valence-electron chi connectivity index (χ4n) is 4.06. The van der Waals surface area contributed by atoms with Crippen LogP contribution in [-0.2, 0) is 17.5 Å². The number of alkyl halides is 3. The molecule has 0 saturated heterocycles. The molecule has 2 saturated carbocycles. The lowest BCUT2D eigenvalue weighted by Crippen LogP contribution is -2.41. The average Bonchev–Trinajstić information content (AvgIpc) is 3.12. The Morgan fingerprint density at radius 3 is 2.77 bits per heavy atom. The van der Waals surface area contributed by atoms with Crippen molar-refractivity contribution in [2.24, 2.45) is 17.8 Å². The van der Waals surface area contributed by atoms with Crippen molar-refractivity contribution >= 4 is 5.91 Å². The van der Waals surface area contributed by atoms with E-state index in [2.05, 4.69) is 10.4 Å². The Morgan fingerprint density at radius 1 is 1.45 bits per heavy atom. The smallest absolute Gasteiger partial charge is 0.352 e. The topological polar surface area (TPSA) is 46.9 Å². The van der Waals surface area contributed by atoms with Crippen LogP contribution in [0.1, 0.15) is 38.3 Å². The van der Waals surface area contributed by atoms with Crippen LogP contribution in [0.2, 0.25) is 0 Å². The summed E-state index contributed by atoms with van der Waals surface area (Å²) >= 11 is 0. The molecule has 4 nitrogen and oxygen atoms in total. The van der Waals surface area contributed by atoms with Crippen molar-refractivity contribution in [2.75, 3.05) is 0 Å². The molecule has 1 amide bonds. The number of hydrogen-bond acceptors (Lipinski definition) is 2. The first-order valence-corrected chi connectivity index (χ1v) is 7.73. The number of amides is 1. The zero-order valence-corrected chi connectivity index (χ0v) is 12.4. The summed E-state index contributed by atoms with van der Waals surface area (Å²) in [5.41, 5.74) is -0.971. The summed E-state index contributed by atoms with van der Waals surface area (Å²) < 4.78 is 38.4. The number of carbonyl (C=O) groups excluding carboxylic acids is 1. The van der Waals surface area contributed by atoms with Gasteiger partial charge < -0.3 is 5.32 Å². The second-order valence-electron chi connectivity index (χ2n) is 6.59. The van der Waals surface area contributed by atoms with Gasteiger partial charge in [-0.3, -0.25) is 9.48 Å². The molecule has 7 heteroatoms. The first kappa shape index (κ1) is 15.4. The van der Waals surface area contributed by atoms with Gasteiger partial charge in [-0.1, -0.05) is 6.42 Å². The SMILES string of the molecule is C[C@H](NC(=O)Cn1ccc(C(F)(F)F)n1)[C@@H]1C[C@@H]2CC[C@@H]1C2. The van der Waals surface area contributed by atoms with Crippen molar-refractivity contribution in [1.82, 2.24) is 15.1 Å². The Bertz CT molecular complexity index is 554. The maximum absolute atomic E-state index is 12.5. The van der Waals surface area contributed by atoms with Gasteiger partial charge in [0.1, 0.15) is 6.54 Å². The zero-order valence-electron chi connectivity index (χ0n) is 12.4. The van der Waals surface area contributed by atoms with E-state index in [1.807, 2.05) is 6.92 Å². The molecule has 0 unspecified atom stereocenters. The van der Waals surface area contributed by atoms with E-state index >= 15 is 0 Å². The molecular formula is C15H20F3N3O. The molecular weight excluding hydrogens is 295 g/mol. The maximum atomic E-state index is 12.5. The zero-order chi connectivity index (χ0) is 15.9. The number of carbonyl (C=O) groups is 1. The molecule has 0 aromatic carbocycles. The molecule has 2 aliphatic carbocycles. The average molecular weight is 315 g/mol. The van der Waals surface area contributed by atoms with Gasteiger partial charge in [0, 0.05) is 12.2 Å². The summed E-state index contributed by atoms with van der Waals surface area (Å²) in [5, 5.41) is 6.32. The molecule has 1 aromatic rings. The lowest BCUT2D eigenvalue weighted by molar-refractivity contribution is -0.141. The van der Waals surface area contributed by atoms with Gasteiger partial charge in [-0.15, -0.1) is 0 Å². The van der Waals surface area contributed by atoms with E-state index in [1.165, 1.54) is 25.5 Å². The minimum atomic E-state index is -4.47. The van der Waals surface area contributed by atoms with E-state index in [1.54, 1.807) is 0 Å². The van der Waals surface area contributed by atoms with Crippen molar-refractivity contribution in [3.05, 3.63) is 18.0 Å². The van der Waals surface area contributed by atoms with Gasteiger partial charge in [0.05, 0.1) is 0 Å². The number of halogens is 3. The summed E-state index contributed by atoms with van der Waals surface area (Å²) in [6.45, 7) is 1.81. The minimum absolute atomic E-state index is 0.0699. The fourth-order valence-corrected chi connectivity index (χ4v) is 4.06. The van der Waals surface area contributed by atoms with Crippen molar-refractivity contribution < 1.29 is 18.0 Å². The van der Waals surface area contributed by atoms with Crippen LogP contribution < -0.4 is 5.32 Å². The number of hydrogen-bond donors (Lipinski definition) is 1. The number of nitrogens with one attached hydrogen (secondary N) is 1. The summed E-state index contributed by atoms with van der Waals surface area (Å²) in [7, 11) is 0. The molecule has 2 bridgehead atoms. The maximum Gasteiger partial charge on any atom is 0.435 e. The Morgan fingerprint density at radius 2 is 2.23 bits per heavy atom. The van der Waals surface area contributed by atoms with Crippen molar-refractivity contribution in [2.45, 2.75) is 51.4 Å². The Labute approximate surface area is 127 Å². The third kappa shape index (κ3) is 3.13. The summed E-state index contributed by atoms with van der Waals surface area (Å²) in [6.07, 6.45) is 1.67. The van der Waals surface area contributed by atoms with E-state index in [9.17, 15) is 18.0 Å². The lowest BCUT2D eigenvalue weighted by Gasteiger charge is -2.28. The summed E-state index contributed by atoms with van der Waals surface area (Å²) in [6, 6.07) is 0.951. The van der Waals surface area contributed by atoms with Crippen LogP contribution in [0.3, 0.4) is 0 Å². The van der Waals surface area contributed by atoms with Crippen LogP contribution in [0, 0.1) is 17.8 Å². The van der Waals surface area contributed by atoms with Crippen molar-refractivity contribution in [1.29, 1.82) is 0 Å².